The fourth-order valence-electron chi connectivity index (χ4n) is 0.996. The fraction of sp³-hybridized carbons (Fsp3) is 0.182. The summed E-state index contributed by atoms with van der Waals surface area (Å²) >= 11 is 3.41. The predicted octanol–water partition coefficient (Wildman–Crippen LogP) is 2.68. The lowest BCUT2D eigenvalue weighted by atomic mass is 10.1. The van der Waals surface area contributed by atoms with Crippen molar-refractivity contribution in [3.63, 3.8) is 0 Å². The molecular weight excluding hydrogens is 240 g/mol. The summed E-state index contributed by atoms with van der Waals surface area (Å²) < 4.78 is 0.966. The summed E-state index contributed by atoms with van der Waals surface area (Å²) in [5.41, 5.74) is 7.22. The monoisotopic (exact) mass is 250 g/mol. The molecule has 0 fully saturated rings. The maximum absolute atomic E-state index is 8.72. The van der Waals surface area contributed by atoms with Crippen LogP contribution in [0.1, 0.15) is 18.1 Å². The third-order valence-corrected chi connectivity index (χ3v) is 2.43. The predicted molar refractivity (Wildman–Crippen MR) is 61.5 cm³/mol. The lowest BCUT2D eigenvalue weighted by Gasteiger charge is -2.00. The topological polar surface area (TPSA) is 49.8 Å². The number of hydrogen-bond donors (Lipinski definition) is 1. The Labute approximate surface area is 92.2 Å². The molecule has 0 heterocycles. The van der Waals surface area contributed by atoms with Gasteiger partial charge in [-0.25, -0.2) is 0 Å². The zero-order valence-electron chi connectivity index (χ0n) is 7.87. The van der Waals surface area contributed by atoms with Crippen LogP contribution >= 0.6 is 15.9 Å². The molecular formula is C11H11BrN2. The first kappa shape index (κ1) is 11.0. The number of nitrogens with two attached hydrogens (primary N) is 1. The Bertz CT molecular complexity index is 389. The van der Waals surface area contributed by atoms with E-state index in [-0.39, 0.29) is 6.04 Å². The maximum atomic E-state index is 8.72. The SMILES string of the molecule is CC(N)/C=C/c1cc(C#N)ccc1Br. The lowest BCUT2D eigenvalue weighted by Crippen LogP contribution is -2.09. The van der Waals surface area contributed by atoms with Gasteiger partial charge in [0.1, 0.15) is 0 Å². The van der Waals surface area contributed by atoms with Crippen LogP contribution in [0.5, 0.6) is 0 Å². The highest BCUT2D eigenvalue weighted by atomic mass is 79.9. The van der Waals surface area contributed by atoms with Crippen LogP contribution in [0, 0.1) is 11.3 Å². The Kier molecular flexibility index (Phi) is 3.87. The van der Waals surface area contributed by atoms with Crippen molar-refractivity contribution in [2.45, 2.75) is 13.0 Å². The zero-order chi connectivity index (χ0) is 10.6. The molecule has 0 aliphatic rings. The van der Waals surface area contributed by atoms with Gasteiger partial charge in [-0.15, -0.1) is 0 Å². The Balaban J connectivity index is 3.02. The molecule has 72 valence electrons. The molecule has 0 amide bonds. The van der Waals surface area contributed by atoms with E-state index >= 15 is 0 Å². The highest BCUT2D eigenvalue weighted by Gasteiger charge is 1.98. The highest BCUT2D eigenvalue weighted by Crippen LogP contribution is 2.19. The average Bonchev–Trinajstić information content (AvgIpc) is 2.16. The second-order valence-corrected chi connectivity index (χ2v) is 3.92. The Morgan fingerprint density at radius 1 is 1.57 bits per heavy atom. The number of nitriles is 1. The molecule has 3 heteroatoms. The summed E-state index contributed by atoms with van der Waals surface area (Å²) in [4.78, 5) is 0. The van der Waals surface area contributed by atoms with Gasteiger partial charge in [0.2, 0.25) is 0 Å². The van der Waals surface area contributed by atoms with Gasteiger partial charge in [-0.05, 0) is 30.7 Å². The van der Waals surface area contributed by atoms with Crippen molar-refractivity contribution < 1.29 is 0 Å². The minimum absolute atomic E-state index is 0.0210. The van der Waals surface area contributed by atoms with Crippen molar-refractivity contribution in [3.05, 3.63) is 39.9 Å². The molecule has 1 atom stereocenters. The van der Waals surface area contributed by atoms with Crippen LogP contribution < -0.4 is 5.73 Å². The van der Waals surface area contributed by atoms with Gasteiger partial charge in [0, 0.05) is 10.5 Å². The first-order valence-electron chi connectivity index (χ1n) is 4.27. The van der Waals surface area contributed by atoms with Crippen LogP contribution in [-0.4, -0.2) is 6.04 Å². The largest absolute Gasteiger partial charge is 0.325 e. The smallest absolute Gasteiger partial charge is 0.0991 e. The molecule has 0 saturated heterocycles. The number of nitrogens with zero attached hydrogens (tertiary/aromatic N) is 1. The molecule has 14 heavy (non-hydrogen) atoms. The van der Waals surface area contributed by atoms with E-state index in [9.17, 15) is 0 Å². The molecule has 1 aromatic rings. The zero-order valence-corrected chi connectivity index (χ0v) is 9.45. The van der Waals surface area contributed by atoms with E-state index < -0.39 is 0 Å². The molecule has 1 unspecified atom stereocenters. The summed E-state index contributed by atoms with van der Waals surface area (Å²) in [5.74, 6) is 0. The third kappa shape index (κ3) is 2.99. The first-order chi connectivity index (χ1) is 6.63. The molecule has 0 aliphatic carbocycles. The van der Waals surface area contributed by atoms with Gasteiger partial charge in [0.15, 0.2) is 0 Å². The van der Waals surface area contributed by atoms with E-state index in [0.717, 1.165) is 10.0 Å². The van der Waals surface area contributed by atoms with Gasteiger partial charge in [0.05, 0.1) is 11.6 Å². The fourth-order valence-corrected chi connectivity index (χ4v) is 1.38. The second kappa shape index (κ2) is 4.94. The van der Waals surface area contributed by atoms with Crippen LogP contribution in [0.4, 0.5) is 0 Å². The van der Waals surface area contributed by atoms with Crippen molar-refractivity contribution >= 4 is 22.0 Å². The molecule has 1 rings (SSSR count). The van der Waals surface area contributed by atoms with Crippen molar-refractivity contribution in [1.29, 1.82) is 5.26 Å². The second-order valence-electron chi connectivity index (χ2n) is 3.07. The van der Waals surface area contributed by atoms with Crippen molar-refractivity contribution in [2.75, 3.05) is 0 Å². The van der Waals surface area contributed by atoms with E-state index in [1.807, 2.05) is 31.2 Å². The standard InChI is InChI=1S/C11H11BrN2/c1-8(14)2-4-10-6-9(7-13)3-5-11(10)12/h2-6,8H,14H2,1H3/b4-2+. The third-order valence-electron chi connectivity index (χ3n) is 1.70. The summed E-state index contributed by atoms with van der Waals surface area (Å²) in [5, 5.41) is 8.72. The quantitative estimate of drug-likeness (QED) is 0.878. The maximum Gasteiger partial charge on any atom is 0.0991 e. The lowest BCUT2D eigenvalue weighted by molar-refractivity contribution is 0.931. The Morgan fingerprint density at radius 3 is 2.86 bits per heavy atom. The summed E-state index contributed by atoms with van der Waals surface area (Å²) in [6.45, 7) is 1.90. The number of benzene rings is 1. The van der Waals surface area contributed by atoms with Gasteiger partial charge in [-0.2, -0.15) is 5.26 Å². The summed E-state index contributed by atoms with van der Waals surface area (Å²) in [7, 11) is 0. The molecule has 0 bridgehead atoms. The number of hydrogen-bond acceptors (Lipinski definition) is 2. The molecule has 2 N–H and O–H groups in total. The van der Waals surface area contributed by atoms with Gasteiger partial charge in [-0.1, -0.05) is 28.1 Å². The van der Waals surface area contributed by atoms with Crippen molar-refractivity contribution in [1.82, 2.24) is 0 Å². The van der Waals surface area contributed by atoms with Crippen LogP contribution in [0.3, 0.4) is 0 Å². The Hall–Kier alpha value is -1.11. The van der Waals surface area contributed by atoms with Gasteiger partial charge in [0.25, 0.3) is 0 Å². The minimum Gasteiger partial charge on any atom is -0.325 e. The molecule has 0 aromatic heterocycles. The van der Waals surface area contributed by atoms with Gasteiger partial charge in [-0.3, -0.25) is 0 Å². The highest BCUT2D eigenvalue weighted by molar-refractivity contribution is 9.10. The van der Waals surface area contributed by atoms with E-state index in [2.05, 4.69) is 22.0 Å². The molecule has 0 saturated carbocycles. The van der Waals surface area contributed by atoms with Gasteiger partial charge < -0.3 is 5.73 Å². The summed E-state index contributed by atoms with van der Waals surface area (Å²) in [6, 6.07) is 7.57. The van der Waals surface area contributed by atoms with Crippen molar-refractivity contribution in [3.8, 4) is 6.07 Å². The molecule has 0 spiro atoms. The normalized spacial score (nSPS) is 12.7. The van der Waals surface area contributed by atoms with E-state index in [1.54, 1.807) is 6.07 Å². The van der Waals surface area contributed by atoms with Crippen molar-refractivity contribution in [2.24, 2.45) is 5.73 Å². The molecule has 1 aromatic carbocycles. The van der Waals surface area contributed by atoms with Crippen LogP contribution in [0.2, 0.25) is 0 Å². The van der Waals surface area contributed by atoms with E-state index in [1.165, 1.54) is 0 Å². The summed E-state index contributed by atoms with van der Waals surface area (Å²) in [6.07, 6.45) is 3.80. The van der Waals surface area contributed by atoms with E-state index in [0.29, 0.717) is 5.56 Å². The number of rotatable bonds is 2. The average molecular weight is 251 g/mol. The Morgan fingerprint density at radius 2 is 2.29 bits per heavy atom. The van der Waals surface area contributed by atoms with Crippen LogP contribution in [-0.2, 0) is 0 Å². The molecule has 2 nitrogen and oxygen atoms in total. The molecule has 0 radical (unpaired) electrons. The van der Waals surface area contributed by atoms with Crippen LogP contribution in [0.15, 0.2) is 28.7 Å². The molecule has 0 aliphatic heterocycles. The van der Waals surface area contributed by atoms with E-state index in [4.69, 9.17) is 11.0 Å². The van der Waals surface area contributed by atoms with Crippen LogP contribution in [0.25, 0.3) is 6.08 Å². The number of halogens is 1. The first-order valence-corrected chi connectivity index (χ1v) is 5.06. The minimum atomic E-state index is 0.0210. The van der Waals surface area contributed by atoms with Gasteiger partial charge >= 0.3 is 0 Å².